The van der Waals surface area contributed by atoms with E-state index in [0.29, 0.717) is 22.6 Å². The Hall–Kier alpha value is -2.82. The monoisotopic (exact) mass is 270 g/mol. The lowest BCUT2D eigenvalue weighted by Gasteiger charge is -2.07. The molecule has 0 saturated heterocycles. The van der Waals surface area contributed by atoms with Crippen molar-refractivity contribution in [2.45, 2.75) is 0 Å². The van der Waals surface area contributed by atoms with Gasteiger partial charge in [-0.1, -0.05) is 6.07 Å². The van der Waals surface area contributed by atoms with E-state index in [9.17, 15) is 9.59 Å². The molecule has 0 aliphatic carbocycles. The Balaban J connectivity index is 2.14. The summed E-state index contributed by atoms with van der Waals surface area (Å²) in [6.07, 6.45) is 0. The van der Waals surface area contributed by atoms with Crippen molar-refractivity contribution in [2.75, 3.05) is 12.4 Å². The van der Waals surface area contributed by atoms with Gasteiger partial charge in [0.25, 0.3) is 5.91 Å². The Bertz CT molecular complexity index is 636. The molecule has 20 heavy (non-hydrogen) atoms. The molecule has 2 aromatic carbocycles. The molecule has 102 valence electrons. The average Bonchev–Trinajstić information content (AvgIpc) is 2.47. The van der Waals surface area contributed by atoms with Gasteiger partial charge in [0.2, 0.25) is 5.91 Å². The number of nitrogens with one attached hydrogen (secondary N) is 1. The van der Waals surface area contributed by atoms with Crippen LogP contribution >= 0.6 is 0 Å². The van der Waals surface area contributed by atoms with Gasteiger partial charge < -0.3 is 15.8 Å². The van der Waals surface area contributed by atoms with Crippen LogP contribution in [-0.4, -0.2) is 18.9 Å². The zero-order chi connectivity index (χ0) is 14.5. The van der Waals surface area contributed by atoms with E-state index in [-0.39, 0.29) is 5.91 Å². The first kappa shape index (κ1) is 13.6. The first-order valence-electron chi connectivity index (χ1n) is 5.95. The Labute approximate surface area is 116 Å². The molecule has 0 radical (unpaired) electrons. The summed E-state index contributed by atoms with van der Waals surface area (Å²) in [4.78, 5) is 23.1. The van der Waals surface area contributed by atoms with Gasteiger partial charge in [-0.3, -0.25) is 9.59 Å². The normalized spacial score (nSPS) is 9.85. The van der Waals surface area contributed by atoms with Crippen molar-refractivity contribution in [2.24, 2.45) is 5.73 Å². The van der Waals surface area contributed by atoms with E-state index in [1.54, 1.807) is 49.6 Å². The van der Waals surface area contributed by atoms with E-state index in [0.717, 1.165) is 0 Å². The molecule has 5 nitrogen and oxygen atoms in total. The lowest BCUT2D eigenvalue weighted by atomic mass is 10.1. The molecule has 0 bridgehead atoms. The van der Waals surface area contributed by atoms with E-state index in [2.05, 4.69) is 5.32 Å². The molecule has 3 N–H and O–H groups in total. The molecule has 0 aliphatic rings. The third-order valence-electron chi connectivity index (χ3n) is 2.76. The predicted molar refractivity (Wildman–Crippen MR) is 75.9 cm³/mol. The minimum atomic E-state index is -0.537. The zero-order valence-electron chi connectivity index (χ0n) is 10.9. The lowest BCUT2D eigenvalue weighted by molar-refractivity contribution is 0.0996. The number of rotatable bonds is 4. The number of carbonyl (C=O) groups is 2. The van der Waals surface area contributed by atoms with Gasteiger partial charge >= 0.3 is 0 Å². The highest BCUT2D eigenvalue weighted by Crippen LogP contribution is 2.14. The molecule has 2 rings (SSSR count). The summed E-state index contributed by atoms with van der Waals surface area (Å²) in [6.45, 7) is 0. The van der Waals surface area contributed by atoms with Crippen LogP contribution in [0.25, 0.3) is 0 Å². The molecule has 0 heterocycles. The number of nitrogens with two attached hydrogens (primary N) is 1. The predicted octanol–water partition coefficient (Wildman–Crippen LogP) is 2.05. The summed E-state index contributed by atoms with van der Waals surface area (Å²) in [5.74, 6) is -0.128. The van der Waals surface area contributed by atoms with Crippen molar-refractivity contribution >= 4 is 17.5 Å². The number of hydrogen-bond acceptors (Lipinski definition) is 3. The summed E-state index contributed by atoms with van der Waals surface area (Å²) in [6, 6.07) is 13.2. The van der Waals surface area contributed by atoms with E-state index < -0.39 is 5.91 Å². The van der Waals surface area contributed by atoms with Crippen LogP contribution in [0.1, 0.15) is 20.7 Å². The molecular weight excluding hydrogens is 256 g/mol. The van der Waals surface area contributed by atoms with Crippen LogP contribution in [0.3, 0.4) is 0 Å². The minimum Gasteiger partial charge on any atom is -0.497 e. The summed E-state index contributed by atoms with van der Waals surface area (Å²) in [7, 11) is 1.56. The van der Waals surface area contributed by atoms with Crippen molar-refractivity contribution in [3.8, 4) is 5.75 Å². The van der Waals surface area contributed by atoms with Gasteiger partial charge in [0, 0.05) is 16.8 Å². The summed E-state index contributed by atoms with van der Waals surface area (Å²) in [5, 5.41) is 2.70. The smallest absolute Gasteiger partial charge is 0.255 e. The highest BCUT2D eigenvalue weighted by Gasteiger charge is 2.07. The molecule has 0 spiro atoms. The van der Waals surface area contributed by atoms with Crippen LogP contribution < -0.4 is 15.8 Å². The SMILES string of the molecule is COc1ccc(C(=O)Nc2cccc(C(N)=O)c2)cc1. The minimum absolute atomic E-state index is 0.269. The van der Waals surface area contributed by atoms with Gasteiger partial charge in [0.05, 0.1) is 7.11 Å². The maximum absolute atomic E-state index is 12.0. The molecule has 0 fully saturated rings. The van der Waals surface area contributed by atoms with Crippen molar-refractivity contribution in [3.63, 3.8) is 0 Å². The van der Waals surface area contributed by atoms with E-state index in [4.69, 9.17) is 10.5 Å². The number of ether oxygens (including phenoxy) is 1. The standard InChI is InChI=1S/C15H14N2O3/c1-20-13-7-5-10(6-8-13)15(19)17-12-4-2-3-11(9-12)14(16)18/h2-9H,1H3,(H2,16,18)(H,17,19). The van der Waals surface area contributed by atoms with Gasteiger partial charge in [0.1, 0.15) is 5.75 Å². The lowest BCUT2D eigenvalue weighted by Crippen LogP contribution is -2.14. The summed E-state index contributed by atoms with van der Waals surface area (Å²) in [5.41, 5.74) is 6.55. The third-order valence-corrected chi connectivity index (χ3v) is 2.76. The van der Waals surface area contributed by atoms with E-state index in [1.807, 2.05) is 0 Å². The molecule has 0 aromatic heterocycles. The molecule has 0 aliphatic heterocycles. The maximum Gasteiger partial charge on any atom is 0.255 e. The molecular formula is C15H14N2O3. The summed E-state index contributed by atoms with van der Waals surface area (Å²) >= 11 is 0. The number of benzene rings is 2. The number of primary amides is 1. The van der Waals surface area contributed by atoms with Gasteiger partial charge in [-0.2, -0.15) is 0 Å². The average molecular weight is 270 g/mol. The van der Waals surface area contributed by atoms with Crippen LogP contribution in [0.4, 0.5) is 5.69 Å². The number of methoxy groups -OCH3 is 1. The summed E-state index contributed by atoms with van der Waals surface area (Å²) < 4.78 is 5.03. The van der Waals surface area contributed by atoms with Crippen molar-refractivity contribution in [1.29, 1.82) is 0 Å². The highest BCUT2D eigenvalue weighted by molar-refractivity contribution is 6.05. The molecule has 2 amide bonds. The Kier molecular flexibility index (Phi) is 4.00. The van der Waals surface area contributed by atoms with Crippen LogP contribution in [-0.2, 0) is 0 Å². The molecule has 2 aromatic rings. The number of hydrogen-bond donors (Lipinski definition) is 2. The van der Waals surface area contributed by atoms with Gasteiger partial charge in [-0.15, -0.1) is 0 Å². The van der Waals surface area contributed by atoms with E-state index in [1.165, 1.54) is 6.07 Å². The fourth-order valence-corrected chi connectivity index (χ4v) is 1.70. The van der Waals surface area contributed by atoms with Gasteiger partial charge in [-0.25, -0.2) is 0 Å². The quantitative estimate of drug-likeness (QED) is 0.892. The van der Waals surface area contributed by atoms with Crippen LogP contribution in [0.2, 0.25) is 0 Å². The van der Waals surface area contributed by atoms with Gasteiger partial charge in [0.15, 0.2) is 0 Å². The Morgan fingerprint density at radius 3 is 2.35 bits per heavy atom. The van der Waals surface area contributed by atoms with Gasteiger partial charge in [-0.05, 0) is 42.5 Å². The second-order valence-corrected chi connectivity index (χ2v) is 4.13. The topological polar surface area (TPSA) is 81.4 Å². The zero-order valence-corrected chi connectivity index (χ0v) is 10.9. The number of anilines is 1. The molecule has 0 unspecified atom stereocenters. The fourth-order valence-electron chi connectivity index (χ4n) is 1.70. The third kappa shape index (κ3) is 3.14. The fraction of sp³-hybridized carbons (Fsp3) is 0.0667. The van der Waals surface area contributed by atoms with Crippen LogP contribution in [0.5, 0.6) is 5.75 Å². The molecule has 0 atom stereocenters. The maximum atomic E-state index is 12.0. The molecule has 0 saturated carbocycles. The Morgan fingerprint density at radius 2 is 1.75 bits per heavy atom. The van der Waals surface area contributed by atoms with Crippen molar-refractivity contribution < 1.29 is 14.3 Å². The van der Waals surface area contributed by atoms with E-state index >= 15 is 0 Å². The number of amides is 2. The second-order valence-electron chi connectivity index (χ2n) is 4.13. The first-order valence-corrected chi connectivity index (χ1v) is 5.95. The largest absolute Gasteiger partial charge is 0.497 e. The highest BCUT2D eigenvalue weighted by atomic mass is 16.5. The van der Waals surface area contributed by atoms with Crippen molar-refractivity contribution in [3.05, 3.63) is 59.7 Å². The number of carbonyl (C=O) groups excluding carboxylic acids is 2. The molecule has 5 heteroatoms. The van der Waals surface area contributed by atoms with Crippen molar-refractivity contribution in [1.82, 2.24) is 0 Å². The second kappa shape index (κ2) is 5.88. The van der Waals surface area contributed by atoms with Crippen LogP contribution in [0, 0.1) is 0 Å². The van der Waals surface area contributed by atoms with Crippen LogP contribution in [0.15, 0.2) is 48.5 Å². The first-order chi connectivity index (χ1) is 9.60. The Morgan fingerprint density at radius 1 is 1.05 bits per heavy atom.